The molecule has 1 aliphatic rings. The normalized spacial score (nSPS) is 13.6. The number of fused-ring (bicyclic) bond motifs is 1. The lowest BCUT2D eigenvalue weighted by Crippen LogP contribution is -2.18. The van der Waals surface area contributed by atoms with Gasteiger partial charge in [-0.2, -0.15) is 5.26 Å². The molecule has 158 valence electrons. The second-order valence-electron chi connectivity index (χ2n) is 8.04. The van der Waals surface area contributed by atoms with E-state index in [0.717, 1.165) is 41.4 Å². The number of nitrogens with one attached hydrogen (secondary N) is 1. The Labute approximate surface area is 180 Å². The van der Waals surface area contributed by atoms with Crippen molar-refractivity contribution in [3.63, 3.8) is 0 Å². The van der Waals surface area contributed by atoms with E-state index in [1.165, 1.54) is 0 Å². The molecule has 1 saturated carbocycles. The minimum atomic E-state index is -0.511. The van der Waals surface area contributed by atoms with Crippen LogP contribution in [0.5, 0.6) is 0 Å². The van der Waals surface area contributed by atoms with Gasteiger partial charge in [0.05, 0.1) is 22.9 Å². The van der Waals surface area contributed by atoms with Crippen LogP contribution in [-0.2, 0) is 4.74 Å². The van der Waals surface area contributed by atoms with Gasteiger partial charge in [-0.05, 0) is 62.9 Å². The van der Waals surface area contributed by atoms with Gasteiger partial charge in [-0.1, -0.05) is 18.2 Å². The largest absolute Gasteiger partial charge is 0.447 e. The fourth-order valence-corrected chi connectivity index (χ4v) is 3.96. The molecule has 1 heterocycles. The smallest absolute Gasteiger partial charge is 0.411 e. The topological polar surface area (TPSA) is 110 Å². The SMILES string of the molecule is CC(C)OC(=O)Nc1ccc(-c2c(C#N)c3ccc(C(N)=O)cc3n2C2CCC2)cc1. The first-order valence-corrected chi connectivity index (χ1v) is 10.3. The van der Waals surface area contributed by atoms with E-state index in [0.29, 0.717) is 16.8 Å². The monoisotopic (exact) mass is 416 g/mol. The fraction of sp³-hybridized carbons (Fsp3) is 0.292. The van der Waals surface area contributed by atoms with Gasteiger partial charge in [0, 0.05) is 22.7 Å². The molecule has 0 spiro atoms. The predicted molar refractivity (Wildman–Crippen MR) is 119 cm³/mol. The maximum absolute atomic E-state index is 11.9. The van der Waals surface area contributed by atoms with Gasteiger partial charge in [0.25, 0.3) is 0 Å². The fourth-order valence-electron chi connectivity index (χ4n) is 3.96. The molecule has 1 aliphatic carbocycles. The first-order valence-electron chi connectivity index (χ1n) is 10.3. The van der Waals surface area contributed by atoms with Crippen LogP contribution in [0.15, 0.2) is 42.5 Å². The average Bonchev–Trinajstić information content (AvgIpc) is 3.00. The number of rotatable bonds is 5. The van der Waals surface area contributed by atoms with Crippen LogP contribution in [0.1, 0.15) is 55.1 Å². The maximum Gasteiger partial charge on any atom is 0.411 e. The van der Waals surface area contributed by atoms with Crippen LogP contribution >= 0.6 is 0 Å². The number of aromatic nitrogens is 1. The average molecular weight is 416 g/mol. The number of amides is 2. The van der Waals surface area contributed by atoms with E-state index in [2.05, 4.69) is 16.0 Å². The standard InChI is InChI=1S/C24H24N4O3/c1-14(2)31-24(30)27-17-9-6-15(7-10-17)22-20(13-25)19-11-8-16(23(26)29)12-21(19)28(22)18-4-3-5-18/h6-12,14,18H,3-5H2,1-2H3,(H2,26,29)(H,27,30). The van der Waals surface area contributed by atoms with Crippen molar-refractivity contribution in [2.24, 2.45) is 5.73 Å². The molecule has 2 amide bonds. The van der Waals surface area contributed by atoms with Gasteiger partial charge in [-0.25, -0.2) is 4.79 Å². The number of carbonyl (C=O) groups is 2. The number of benzene rings is 2. The van der Waals surface area contributed by atoms with Gasteiger partial charge in [-0.3, -0.25) is 10.1 Å². The van der Waals surface area contributed by atoms with E-state index in [4.69, 9.17) is 10.5 Å². The Morgan fingerprint density at radius 3 is 2.45 bits per heavy atom. The Morgan fingerprint density at radius 2 is 1.90 bits per heavy atom. The summed E-state index contributed by atoms with van der Waals surface area (Å²) in [7, 11) is 0. The highest BCUT2D eigenvalue weighted by Gasteiger charge is 2.28. The summed E-state index contributed by atoms with van der Waals surface area (Å²) in [5.74, 6) is -0.493. The van der Waals surface area contributed by atoms with E-state index in [1.807, 2.05) is 12.1 Å². The van der Waals surface area contributed by atoms with Gasteiger partial charge in [0.2, 0.25) is 5.91 Å². The number of anilines is 1. The third-order valence-electron chi connectivity index (χ3n) is 5.59. The molecule has 7 heteroatoms. The zero-order valence-electron chi connectivity index (χ0n) is 17.5. The summed E-state index contributed by atoms with van der Waals surface area (Å²) in [4.78, 5) is 23.6. The summed E-state index contributed by atoms with van der Waals surface area (Å²) in [6, 6.07) is 15.2. The number of carbonyl (C=O) groups excluding carboxylic acids is 2. The summed E-state index contributed by atoms with van der Waals surface area (Å²) >= 11 is 0. The van der Waals surface area contributed by atoms with E-state index in [-0.39, 0.29) is 12.1 Å². The van der Waals surface area contributed by atoms with Crippen LogP contribution in [-0.4, -0.2) is 22.7 Å². The summed E-state index contributed by atoms with van der Waals surface area (Å²) in [5.41, 5.74) is 9.62. The van der Waals surface area contributed by atoms with Crippen molar-refractivity contribution in [1.82, 2.24) is 4.57 Å². The van der Waals surface area contributed by atoms with Crippen molar-refractivity contribution < 1.29 is 14.3 Å². The number of nitriles is 1. The summed E-state index contributed by atoms with van der Waals surface area (Å²) in [6.07, 6.45) is 2.44. The zero-order valence-corrected chi connectivity index (χ0v) is 17.5. The lowest BCUT2D eigenvalue weighted by Gasteiger charge is -2.30. The molecule has 1 aromatic heterocycles. The molecule has 31 heavy (non-hydrogen) atoms. The molecule has 7 nitrogen and oxygen atoms in total. The van der Waals surface area contributed by atoms with Crippen molar-refractivity contribution in [2.45, 2.75) is 45.3 Å². The Hall–Kier alpha value is -3.79. The van der Waals surface area contributed by atoms with Crippen LogP contribution in [0, 0.1) is 11.3 Å². The van der Waals surface area contributed by atoms with Crippen molar-refractivity contribution in [2.75, 3.05) is 5.32 Å². The van der Waals surface area contributed by atoms with Gasteiger partial charge in [0.15, 0.2) is 0 Å². The Morgan fingerprint density at radius 1 is 1.19 bits per heavy atom. The van der Waals surface area contributed by atoms with Crippen LogP contribution in [0.25, 0.3) is 22.2 Å². The highest BCUT2D eigenvalue weighted by Crippen LogP contribution is 2.42. The van der Waals surface area contributed by atoms with Crippen LogP contribution < -0.4 is 11.1 Å². The van der Waals surface area contributed by atoms with Crippen molar-refractivity contribution in [3.05, 3.63) is 53.6 Å². The molecule has 4 rings (SSSR count). The van der Waals surface area contributed by atoms with Crippen molar-refractivity contribution in [3.8, 4) is 17.3 Å². The molecule has 0 atom stereocenters. The van der Waals surface area contributed by atoms with Crippen LogP contribution in [0.4, 0.5) is 10.5 Å². The summed E-state index contributed by atoms with van der Waals surface area (Å²) in [5, 5.41) is 13.5. The zero-order chi connectivity index (χ0) is 22.1. The number of hydrogen-bond acceptors (Lipinski definition) is 4. The quantitative estimate of drug-likeness (QED) is 0.612. The molecule has 0 unspecified atom stereocenters. The molecule has 3 aromatic rings. The molecule has 3 N–H and O–H groups in total. The van der Waals surface area contributed by atoms with Crippen molar-refractivity contribution in [1.29, 1.82) is 5.26 Å². The van der Waals surface area contributed by atoms with Gasteiger partial charge in [-0.15, -0.1) is 0 Å². The highest BCUT2D eigenvalue weighted by molar-refractivity contribution is 6.01. The minimum absolute atomic E-state index is 0.207. The van der Waals surface area contributed by atoms with Crippen molar-refractivity contribution >= 4 is 28.6 Å². The molecule has 2 aromatic carbocycles. The Balaban J connectivity index is 1.80. The maximum atomic E-state index is 11.9. The van der Waals surface area contributed by atoms with Gasteiger partial charge >= 0.3 is 6.09 Å². The second kappa shape index (κ2) is 8.15. The van der Waals surface area contributed by atoms with E-state index >= 15 is 0 Å². The van der Waals surface area contributed by atoms with E-state index in [1.54, 1.807) is 44.2 Å². The molecule has 0 aliphatic heterocycles. The van der Waals surface area contributed by atoms with Gasteiger partial charge < -0.3 is 15.0 Å². The molecule has 0 radical (unpaired) electrons. The second-order valence-corrected chi connectivity index (χ2v) is 8.04. The number of primary amides is 1. The molecular weight excluding hydrogens is 392 g/mol. The Bertz CT molecular complexity index is 1200. The minimum Gasteiger partial charge on any atom is -0.447 e. The molecule has 0 bridgehead atoms. The molecule has 0 saturated heterocycles. The number of nitrogens with zero attached hydrogens (tertiary/aromatic N) is 2. The lowest BCUT2D eigenvalue weighted by atomic mass is 9.92. The van der Waals surface area contributed by atoms with E-state index < -0.39 is 12.0 Å². The first-order chi connectivity index (χ1) is 14.9. The lowest BCUT2D eigenvalue weighted by molar-refractivity contribution is 0.1000. The summed E-state index contributed by atoms with van der Waals surface area (Å²) in [6.45, 7) is 3.57. The third-order valence-corrected chi connectivity index (χ3v) is 5.59. The third kappa shape index (κ3) is 3.84. The highest BCUT2D eigenvalue weighted by atomic mass is 16.6. The van der Waals surface area contributed by atoms with E-state index in [9.17, 15) is 14.9 Å². The summed E-state index contributed by atoms with van der Waals surface area (Å²) < 4.78 is 7.28. The number of hydrogen-bond donors (Lipinski definition) is 2. The van der Waals surface area contributed by atoms with Gasteiger partial charge in [0.1, 0.15) is 6.07 Å². The number of ether oxygens (including phenoxy) is 1. The molecular formula is C24H24N4O3. The molecule has 1 fully saturated rings. The first kappa shape index (κ1) is 20.5. The number of nitrogens with two attached hydrogens (primary N) is 1. The predicted octanol–water partition coefficient (Wildman–Crippen LogP) is 4.96. The van der Waals surface area contributed by atoms with Crippen LogP contribution in [0.2, 0.25) is 0 Å². The van der Waals surface area contributed by atoms with Crippen LogP contribution in [0.3, 0.4) is 0 Å². The Kier molecular flexibility index (Phi) is 5.38.